The van der Waals surface area contributed by atoms with Crippen LogP contribution in [0.2, 0.25) is 0 Å². The van der Waals surface area contributed by atoms with Crippen molar-refractivity contribution in [2.45, 2.75) is 32.4 Å². The lowest BCUT2D eigenvalue weighted by Gasteiger charge is -2.27. The first-order chi connectivity index (χ1) is 8.94. The Labute approximate surface area is 114 Å². The number of aromatic nitrogens is 2. The van der Waals surface area contributed by atoms with E-state index in [1.54, 1.807) is 19.6 Å². The molecule has 1 unspecified atom stereocenters. The molecule has 0 bridgehead atoms. The van der Waals surface area contributed by atoms with E-state index in [-0.39, 0.29) is 17.5 Å². The molecule has 2 N–H and O–H groups in total. The predicted octanol–water partition coefficient (Wildman–Crippen LogP) is 0.661. The highest BCUT2D eigenvalue weighted by atomic mass is 16.5. The Kier molecular flexibility index (Phi) is 5.50. The zero-order chi connectivity index (χ0) is 14.5. The van der Waals surface area contributed by atoms with Crippen LogP contribution in [0.3, 0.4) is 0 Å². The quantitative estimate of drug-likeness (QED) is 0.713. The average Bonchev–Trinajstić information content (AvgIpc) is 2.88. The molecule has 6 heteroatoms. The number of nitrogens with one attached hydrogen (secondary N) is 2. The van der Waals surface area contributed by atoms with Crippen LogP contribution in [0.5, 0.6) is 0 Å². The maximum atomic E-state index is 12.0. The Morgan fingerprint density at radius 2 is 2.26 bits per heavy atom. The molecular formula is C13H24N4O2. The summed E-state index contributed by atoms with van der Waals surface area (Å²) >= 11 is 0. The van der Waals surface area contributed by atoms with Gasteiger partial charge in [0.05, 0.1) is 30.4 Å². The Balaban J connectivity index is 2.80. The minimum atomic E-state index is -0.304. The van der Waals surface area contributed by atoms with E-state index in [1.807, 2.05) is 18.5 Å². The van der Waals surface area contributed by atoms with Gasteiger partial charge in [-0.3, -0.25) is 4.79 Å². The van der Waals surface area contributed by atoms with Crippen molar-refractivity contribution in [1.82, 2.24) is 20.2 Å². The molecule has 0 fully saturated rings. The second-order valence-electron chi connectivity index (χ2n) is 5.02. The summed E-state index contributed by atoms with van der Waals surface area (Å²) in [6.45, 7) is 6.99. The van der Waals surface area contributed by atoms with Crippen molar-refractivity contribution >= 4 is 5.91 Å². The van der Waals surface area contributed by atoms with Gasteiger partial charge in [-0.05, 0) is 27.8 Å². The van der Waals surface area contributed by atoms with Crippen molar-refractivity contribution in [1.29, 1.82) is 0 Å². The molecule has 1 aromatic rings. The first-order valence-electron chi connectivity index (χ1n) is 6.42. The van der Waals surface area contributed by atoms with Crippen molar-refractivity contribution in [2.75, 3.05) is 27.3 Å². The molecular weight excluding hydrogens is 244 g/mol. The normalized spacial score (nSPS) is 13.3. The summed E-state index contributed by atoms with van der Waals surface area (Å²) < 4.78 is 6.80. The molecule has 1 amide bonds. The zero-order valence-corrected chi connectivity index (χ0v) is 12.4. The summed E-state index contributed by atoms with van der Waals surface area (Å²) in [4.78, 5) is 16.2. The summed E-state index contributed by atoms with van der Waals surface area (Å²) in [5.74, 6) is -0.0387. The fourth-order valence-electron chi connectivity index (χ4n) is 1.78. The van der Waals surface area contributed by atoms with Gasteiger partial charge in [-0.2, -0.15) is 0 Å². The van der Waals surface area contributed by atoms with Crippen molar-refractivity contribution in [3.63, 3.8) is 0 Å². The number of carbonyl (C=O) groups excluding carboxylic acids is 1. The fourth-order valence-corrected chi connectivity index (χ4v) is 1.78. The number of nitrogens with zero attached hydrogens (tertiary/aromatic N) is 2. The number of ether oxygens (including phenoxy) is 1. The van der Waals surface area contributed by atoms with E-state index in [2.05, 4.69) is 29.5 Å². The lowest BCUT2D eigenvalue weighted by Crippen LogP contribution is -2.39. The van der Waals surface area contributed by atoms with Gasteiger partial charge >= 0.3 is 0 Å². The van der Waals surface area contributed by atoms with Gasteiger partial charge in [0.2, 0.25) is 5.91 Å². The Morgan fingerprint density at radius 3 is 2.84 bits per heavy atom. The van der Waals surface area contributed by atoms with E-state index in [1.165, 1.54) is 0 Å². The van der Waals surface area contributed by atoms with Gasteiger partial charge in [0.1, 0.15) is 6.04 Å². The summed E-state index contributed by atoms with van der Waals surface area (Å²) in [6.07, 6.45) is 3.48. The van der Waals surface area contributed by atoms with Crippen LogP contribution in [0.1, 0.15) is 32.5 Å². The lowest BCUT2D eigenvalue weighted by atomic mass is 10.0. The van der Waals surface area contributed by atoms with Gasteiger partial charge in [-0.15, -0.1) is 0 Å². The van der Waals surface area contributed by atoms with E-state index in [9.17, 15) is 4.79 Å². The number of carbonyl (C=O) groups is 1. The van der Waals surface area contributed by atoms with E-state index < -0.39 is 0 Å². The fraction of sp³-hybridized carbons (Fsp3) is 0.692. The number of imidazole rings is 1. The molecule has 1 aromatic heterocycles. The highest BCUT2D eigenvalue weighted by molar-refractivity contribution is 5.80. The van der Waals surface area contributed by atoms with Gasteiger partial charge in [0, 0.05) is 13.7 Å². The lowest BCUT2D eigenvalue weighted by molar-refractivity contribution is -0.124. The van der Waals surface area contributed by atoms with E-state index in [0.29, 0.717) is 13.2 Å². The first kappa shape index (κ1) is 15.7. The molecule has 0 aromatic carbocycles. The van der Waals surface area contributed by atoms with Crippen LogP contribution < -0.4 is 10.6 Å². The third-order valence-electron chi connectivity index (χ3n) is 3.33. The molecule has 0 spiro atoms. The van der Waals surface area contributed by atoms with Gasteiger partial charge in [0.25, 0.3) is 0 Å². The molecule has 1 atom stereocenters. The van der Waals surface area contributed by atoms with Gasteiger partial charge in [-0.1, -0.05) is 0 Å². The average molecular weight is 268 g/mol. The van der Waals surface area contributed by atoms with E-state index in [0.717, 1.165) is 5.69 Å². The molecule has 6 nitrogen and oxygen atoms in total. The van der Waals surface area contributed by atoms with Crippen molar-refractivity contribution in [2.24, 2.45) is 0 Å². The number of hydrogen-bond donors (Lipinski definition) is 2. The smallest absolute Gasteiger partial charge is 0.242 e. The zero-order valence-electron chi connectivity index (χ0n) is 12.4. The molecule has 0 saturated carbocycles. The summed E-state index contributed by atoms with van der Waals surface area (Å²) in [5, 5.41) is 6.05. The highest BCUT2D eigenvalue weighted by Crippen LogP contribution is 2.22. The molecule has 1 heterocycles. The maximum absolute atomic E-state index is 12.0. The van der Waals surface area contributed by atoms with Gasteiger partial charge in [0.15, 0.2) is 0 Å². The van der Waals surface area contributed by atoms with Crippen LogP contribution in [-0.4, -0.2) is 42.8 Å². The van der Waals surface area contributed by atoms with Crippen LogP contribution in [0, 0.1) is 0 Å². The molecule has 19 heavy (non-hydrogen) atoms. The van der Waals surface area contributed by atoms with Gasteiger partial charge < -0.3 is 19.9 Å². The molecule has 0 aliphatic rings. The number of methoxy groups -OCH3 is 1. The Bertz CT molecular complexity index is 415. The minimum Gasteiger partial charge on any atom is -0.383 e. The van der Waals surface area contributed by atoms with Gasteiger partial charge in [-0.25, -0.2) is 4.98 Å². The standard InChI is InChI=1S/C13H24N4O2/c1-10(12(18)16-6-7-19-5)17-9-15-8-11(17)13(2,3)14-4/h8-10,14H,6-7H2,1-5H3,(H,16,18). The SMILES string of the molecule is CNC(C)(C)c1cncn1C(C)C(=O)NCCOC. The van der Waals surface area contributed by atoms with Crippen LogP contribution in [0.25, 0.3) is 0 Å². The third kappa shape index (κ3) is 3.78. The summed E-state index contributed by atoms with van der Waals surface area (Å²) in [5.41, 5.74) is 0.738. The molecule has 0 aliphatic carbocycles. The van der Waals surface area contributed by atoms with E-state index >= 15 is 0 Å². The van der Waals surface area contributed by atoms with Crippen molar-refractivity contribution < 1.29 is 9.53 Å². The first-order valence-corrected chi connectivity index (χ1v) is 6.42. The monoisotopic (exact) mass is 268 g/mol. The molecule has 1 rings (SSSR count). The van der Waals surface area contributed by atoms with Crippen molar-refractivity contribution in [3.8, 4) is 0 Å². The molecule has 108 valence electrons. The van der Waals surface area contributed by atoms with Crippen molar-refractivity contribution in [3.05, 3.63) is 18.2 Å². The Hall–Kier alpha value is -1.40. The molecule has 0 saturated heterocycles. The topological polar surface area (TPSA) is 68.2 Å². The molecule has 0 radical (unpaired) electrons. The minimum absolute atomic E-state index is 0.0387. The highest BCUT2D eigenvalue weighted by Gasteiger charge is 2.26. The Morgan fingerprint density at radius 1 is 1.58 bits per heavy atom. The molecule has 0 aliphatic heterocycles. The second kappa shape index (κ2) is 6.68. The van der Waals surface area contributed by atoms with Crippen LogP contribution in [0.4, 0.5) is 0 Å². The van der Waals surface area contributed by atoms with E-state index in [4.69, 9.17) is 4.74 Å². The number of amides is 1. The maximum Gasteiger partial charge on any atom is 0.242 e. The number of hydrogen-bond acceptors (Lipinski definition) is 4. The van der Waals surface area contributed by atoms with Crippen LogP contribution in [0.15, 0.2) is 12.5 Å². The second-order valence-corrected chi connectivity index (χ2v) is 5.02. The largest absolute Gasteiger partial charge is 0.383 e. The summed E-state index contributed by atoms with van der Waals surface area (Å²) in [7, 11) is 3.50. The van der Waals surface area contributed by atoms with Crippen LogP contribution in [-0.2, 0) is 15.1 Å². The predicted molar refractivity (Wildman–Crippen MR) is 73.9 cm³/mol. The number of rotatable bonds is 7. The summed E-state index contributed by atoms with van der Waals surface area (Å²) in [6, 6.07) is -0.304. The third-order valence-corrected chi connectivity index (χ3v) is 3.33. The van der Waals surface area contributed by atoms with Crippen LogP contribution >= 0.6 is 0 Å².